The highest BCUT2D eigenvalue weighted by Crippen LogP contribution is 2.35. The molecule has 0 aliphatic rings. The van der Waals surface area contributed by atoms with Gasteiger partial charge in [0, 0.05) is 25.8 Å². The Hall–Kier alpha value is -2.98. The molecule has 0 saturated carbocycles. The zero-order valence-corrected chi connectivity index (χ0v) is 20.0. The molecule has 5 nitrogen and oxygen atoms in total. The van der Waals surface area contributed by atoms with Crippen LogP contribution in [0.4, 0.5) is 5.69 Å². The number of rotatable bonds is 7. The second-order valence-corrected chi connectivity index (χ2v) is 8.24. The van der Waals surface area contributed by atoms with Gasteiger partial charge in [-0.25, -0.2) is 0 Å². The van der Waals surface area contributed by atoms with Gasteiger partial charge in [-0.05, 0) is 48.0 Å². The Morgan fingerprint density at radius 3 is 2.53 bits per heavy atom. The number of nitriles is 1. The number of para-hydroxylation sites is 1. The van der Waals surface area contributed by atoms with Crippen molar-refractivity contribution in [2.24, 2.45) is 0 Å². The molecule has 32 heavy (non-hydrogen) atoms. The first-order chi connectivity index (χ1) is 15.4. The van der Waals surface area contributed by atoms with Gasteiger partial charge in [-0.2, -0.15) is 5.26 Å². The van der Waals surface area contributed by atoms with Crippen LogP contribution in [-0.4, -0.2) is 13.0 Å². The smallest absolute Gasteiger partial charge is 0.266 e. The minimum Gasteiger partial charge on any atom is -0.493 e. The van der Waals surface area contributed by atoms with E-state index in [4.69, 9.17) is 32.7 Å². The predicted molar refractivity (Wildman–Crippen MR) is 130 cm³/mol. The average molecular weight is 532 g/mol. The quantitative estimate of drug-likeness (QED) is 0.266. The predicted octanol–water partition coefficient (Wildman–Crippen LogP) is 6.89. The van der Waals surface area contributed by atoms with Crippen molar-refractivity contribution in [1.82, 2.24) is 0 Å². The van der Waals surface area contributed by atoms with Crippen LogP contribution >= 0.6 is 39.1 Å². The molecule has 0 bridgehead atoms. The van der Waals surface area contributed by atoms with Gasteiger partial charge in [-0.15, -0.1) is 0 Å². The largest absolute Gasteiger partial charge is 0.493 e. The first kappa shape index (κ1) is 23.7. The summed E-state index contributed by atoms with van der Waals surface area (Å²) in [6, 6.07) is 19.4. The van der Waals surface area contributed by atoms with E-state index in [0.717, 1.165) is 5.56 Å². The number of nitrogens with zero attached hydrogens (tertiary/aromatic N) is 1. The maximum Gasteiger partial charge on any atom is 0.266 e. The summed E-state index contributed by atoms with van der Waals surface area (Å²) in [4.78, 5) is 12.5. The molecular formula is C24H17BrCl2N2O3. The molecule has 0 unspecified atom stereocenters. The Kier molecular flexibility index (Phi) is 8.18. The highest BCUT2D eigenvalue weighted by Gasteiger charge is 2.14. The Labute approximate surface area is 204 Å². The van der Waals surface area contributed by atoms with E-state index in [1.165, 1.54) is 13.2 Å². The zero-order chi connectivity index (χ0) is 23.1. The van der Waals surface area contributed by atoms with Gasteiger partial charge < -0.3 is 14.8 Å². The minimum atomic E-state index is -0.512. The molecule has 0 aliphatic heterocycles. The van der Waals surface area contributed by atoms with Gasteiger partial charge in [-0.1, -0.05) is 63.4 Å². The molecule has 0 aromatic heterocycles. The first-order valence-corrected chi connectivity index (χ1v) is 10.9. The summed E-state index contributed by atoms with van der Waals surface area (Å²) in [6.07, 6.45) is 1.48. The van der Waals surface area contributed by atoms with E-state index >= 15 is 0 Å². The zero-order valence-electron chi connectivity index (χ0n) is 16.9. The molecule has 3 rings (SSSR count). The van der Waals surface area contributed by atoms with E-state index in [1.807, 2.05) is 12.1 Å². The van der Waals surface area contributed by atoms with Crippen LogP contribution in [-0.2, 0) is 11.4 Å². The molecule has 8 heteroatoms. The Morgan fingerprint density at radius 2 is 1.88 bits per heavy atom. The topological polar surface area (TPSA) is 71.3 Å². The molecule has 0 radical (unpaired) electrons. The molecule has 0 atom stereocenters. The van der Waals surface area contributed by atoms with Gasteiger partial charge in [0.15, 0.2) is 11.5 Å². The average Bonchev–Trinajstić information content (AvgIpc) is 2.78. The van der Waals surface area contributed by atoms with Crippen molar-refractivity contribution in [3.63, 3.8) is 0 Å². The van der Waals surface area contributed by atoms with Gasteiger partial charge in [0.05, 0.1) is 7.11 Å². The van der Waals surface area contributed by atoms with Crippen LogP contribution in [0.3, 0.4) is 0 Å². The number of benzene rings is 3. The van der Waals surface area contributed by atoms with Gasteiger partial charge in [0.25, 0.3) is 5.91 Å². The lowest BCUT2D eigenvalue weighted by Crippen LogP contribution is -2.13. The summed E-state index contributed by atoms with van der Waals surface area (Å²) in [5, 5.41) is 13.2. The fourth-order valence-corrected chi connectivity index (χ4v) is 3.65. The maximum absolute atomic E-state index is 12.5. The number of methoxy groups -OCH3 is 1. The summed E-state index contributed by atoms with van der Waals surface area (Å²) in [6.45, 7) is 0.205. The van der Waals surface area contributed by atoms with Crippen LogP contribution < -0.4 is 14.8 Å². The van der Waals surface area contributed by atoms with Crippen LogP contribution in [0.15, 0.2) is 70.7 Å². The molecule has 3 aromatic carbocycles. The summed E-state index contributed by atoms with van der Waals surface area (Å²) >= 11 is 15.6. The SMILES string of the molecule is COc1cc(/C=C(/C#N)C(=O)Nc2ccccc2)c(Br)cc1OCc1ccc(Cl)cc1Cl. The number of anilines is 1. The number of carbonyl (C=O) groups is 1. The molecule has 3 aromatic rings. The summed E-state index contributed by atoms with van der Waals surface area (Å²) < 4.78 is 11.9. The number of ether oxygens (including phenoxy) is 2. The van der Waals surface area contributed by atoms with Gasteiger partial charge in [0.1, 0.15) is 18.2 Å². The van der Waals surface area contributed by atoms with Gasteiger partial charge in [-0.3, -0.25) is 4.79 Å². The molecule has 1 N–H and O–H groups in total. The van der Waals surface area contributed by atoms with Crippen molar-refractivity contribution in [3.8, 4) is 17.6 Å². The number of nitrogens with one attached hydrogen (secondary N) is 1. The number of carbonyl (C=O) groups excluding carboxylic acids is 1. The lowest BCUT2D eigenvalue weighted by atomic mass is 10.1. The van der Waals surface area contributed by atoms with Gasteiger partial charge >= 0.3 is 0 Å². The molecule has 0 spiro atoms. The van der Waals surface area contributed by atoms with E-state index in [0.29, 0.717) is 37.3 Å². The Bertz CT molecular complexity index is 1210. The van der Waals surface area contributed by atoms with E-state index in [1.54, 1.807) is 54.6 Å². The van der Waals surface area contributed by atoms with Crippen LogP contribution in [0.2, 0.25) is 10.0 Å². The van der Waals surface area contributed by atoms with Crippen LogP contribution in [0.5, 0.6) is 11.5 Å². The number of hydrogen-bond donors (Lipinski definition) is 1. The normalized spacial score (nSPS) is 10.9. The first-order valence-electron chi connectivity index (χ1n) is 9.33. The molecule has 0 saturated heterocycles. The third kappa shape index (κ3) is 6.04. The highest BCUT2D eigenvalue weighted by molar-refractivity contribution is 9.10. The van der Waals surface area contributed by atoms with Crippen molar-refractivity contribution < 1.29 is 14.3 Å². The van der Waals surface area contributed by atoms with E-state index < -0.39 is 5.91 Å². The fraction of sp³-hybridized carbons (Fsp3) is 0.0833. The Balaban J connectivity index is 1.83. The van der Waals surface area contributed by atoms with Crippen LogP contribution in [0, 0.1) is 11.3 Å². The lowest BCUT2D eigenvalue weighted by Gasteiger charge is -2.14. The highest BCUT2D eigenvalue weighted by atomic mass is 79.9. The second kappa shape index (κ2) is 11.1. The second-order valence-electron chi connectivity index (χ2n) is 6.54. The lowest BCUT2D eigenvalue weighted by molar-refractivity contribution is -0.112. The van der Waals surface area contributed by atoms with Crippen molar-refractivity contribution in [3.05, 3.63) is 91.9 Å². The number of halogens is 3. The Morgan fingerprint density at radius 1 is 1.12 bits per heavy atom. The monoisotopic (exact) mass is 530 g/mol. The fourth-order valence-electron chi connectivity index (χ4n) is 2.75. The number of hydrogen-bond acceptors (Lipinski definition) is 4. The summed E-state index contributed by atoms with van der Waals surface area (Å²) in [5.41, 5.74) is 1.89. The molecule has 1 amide bonds. The van der Waals surface area contributed by atoms with E-state index in [-0.39, 0.29) is 12.2 Å². The summed E-state index contributed by atoms with van der Waals surface area (Å²) in [7, 11) is 1.51. The molecule has 0 heterocycles. The van der Waals surface area contributed by atoms with Crippen molar-refractivity contribution in [2.45, 2.75) is 6.61 Å². The molecular weight excluding hydrogens is 515 g/mol. The van der Waals surface area contributed by atoms with Crippen LogP contribution in [0.1, 0.15) is 11.1 Å². The minimum absolute atomic E-state index is 0.0572. The summed E-state index contributed by atoms with van der Waals surface area (Å²) in [5.74, 6) is 0.391. The van der Waals surface area contributed by atoms with Crippen LogP contribution in [0.25, 0.3) is 6.08 Å². The van der Waals surface area contributed by atoms with Crippen molar-refractivity contribution in [1.29, 1.82) is 5.26 Å². The van der Waals surface area contributed by atoms with Crippen molar-refractivity contribution >= 4 is 56.8 Å². The number of amides is 1. The van der Waals surface area contributed by atoms with E-state index in [9.17, 15) is 10.1 Å². The maximum atomic E-state index is 12.5. The van der Waals surface area contributed by atoms with Crippen molar-refractivity contribution in [2.75, 3.05) is 12.4 Å². The van der Waals surface area contributed by atoms with Gasteiger partial charge in [0.2, 0.25) is 0 Å². The molecule has 0 fully saturated rings. The molecule has 162 valence electrons. The molecule has 0 aliphatic carbocycles. The third-order valence-electron chi connectivity index (χ3n) is 4.38. The third-order valence-corrected chi connectivity index (χ3v) is 5.65. The van der Waals surface area contributed by atoms with E-state index in [2.05, 4.69) is 21.2 Å². The standard InChI is InChI=1S/C24H17BrCl2N2O3/c1-31-22-10-16(9-17(13-28)24(30)29-19-5-3-2-4-6-19)20(25)12-23(22)32-14-15-7-8-18(26)11-21(15)27/h2-12H,14H2,1H3,(H,29,30)/b17-9-.